The molecule has 2 fully saturated rings. The standard InChI is InChI=1S/C18H16F2N2O.C4H6O/c1-10-3-4-22-15(8-13-9-23-13)18(21-16(22)5-10)17-11(2)6-12(19)7-14(17)20;5-3-4-1-2-4/h3-7,13H,8-9H2,1-2H3;3-4H,1-2H2. The van der Waals surface area contributed by atoms with Crippen molar-refractivity contribution in [1.82, 2.24) is 9.38 Å². The molecule has 0 spiro atoms. The second-order valence-electron chi connectivity index (χ2n) is 7.55. The van der Waals surface area contributed by atoms with Gasteiger partial charge in [-0.2, -0.15) is 0 Å². The summed E-state index contributed by atoms with van der Waals surface area (Å²) in [4.78, 5) is 14.2. The van der Waals surface area contributed by atoms with Crippen molar-refractivity contribution in [2.75, 3.05) is 6.61 Å². The summed E-state index contributed by atoms with van der Waals surface area (Å²) < 4.78 is 35.1. The Hall–Kier alpha value is -2.60. The molecule has 4 nitrogen and oxygen atoms in total. The number of ether oxygens (including phenoxy) is 1. The molecule has 1 saturated carbocycles. The van der Waals surface area contributed by atoms with Crippen molar-refractivity contribution in [1.29, 1.82) is 0 Å². The number of aryl methyl sites for hydroxylation is 2. The molecule has 0 bridgehead atoms. The Morgan fingerprint density at radius 2 is 2.00 bits per heavy atom. The van der Waals surface area contributed by atoms with Crippen LogP contribution in [-0.2, 0) is 16.0 Å². The lowest BCUT2D eigenvalue weighted by Gasteiger charge is -2.08. The van der Waals surface area contributed by atoms with Gasteiger partial charge >= 0.3 is 0 Å². The van der Waals surface area contributed by atoms with Crippen LogP contribution in [0.25, 0.3) is 16.9 Å². The van der Waals surface area contributed by atoms with Gasteiger partial charge in [-0.1, -0.05) is 0 Å². The summed E-state index contributed by atoms with van der Waals surface area (Å²) in [6.45, 7) is 4.40. The molecule has 6 heteroatoms. The number of carbonyl (C=O) groups excluding carboxylic acids is 1. The molecule has 5 rings (SSSR count). The van der Waals surface area contributed by atoms with Crippen LogP contribution < -0.4 is 0 Å². The molecule has 3 aromatic rings. The molecule has 0 radical (unpaired) electrons. The quantitative estimate of drug-likeness (QED) is 0.494. The zero-order valence-electron chi connectivity index (χ0n) is 15.9. The molecule has 146 valence electrons. The van der Waals surface area contributed by atoms with Crippen LogP contribution in [0.2, 0.25) is 0 Å². The highest BCUT2D eigenvalue weighted by atomic mass is 19.1. The first-order valence-corrected chi connectivity index (χ1v) is 9.46. The van der Waals surface area contributed by atoms with E-state index < -0.39 is 11.6 Å². The molecule has 3 heterocycles. The Labute approximate surface area is 162 Å². The fraction of sp³-hybridized carbons (Fsp3) is 0.364. The van der Waals surface area contributed by atoms with E-state index in [1.54, 1.807) is 6.92 Å². The van der Waals surface area contributed by atoms with Gasteiger partial charge < -0.3 is 13.9 Å². The molecular weight excluding hydrogens is 362 g/mol. The number of rotatable bonds is 4. The van der Waals surface area contributed by atoms with Crippen molar-refractivity contribution in [3.05, 3.63) is 58.9 Å². The van der Waals surface area contributed by atoms with Crippen molar-refractivity contribution >= 4 is 11.9 Å². The average molecular weight is 384 g/mol. The van der Waals surface area contributed by atoms with Gasteiger partial charge in [-0.3, -0.25) is 0 Å². The number of imidazole rings is 1. The Kier molecular flexibility index (Phi) is 4.98. The monoisotopic (exact) mass is 384 g/mol. The molecule has 0 amide bonds. The van der Waals surface area contributed by atoms with Crippen molar-refractivity contribution in [3.63, 3.8) is 0 Å². The molecule has 1 atom stereocenters. The van der Waals surface area contributed by atoms with Crippen LogP contribution >= 0.6 is 0 Å². The van der Waals surface area contributed by atoms with Gasteiger partial charge in [0.2, 0.25) is 0 Å². The molecule has 28 heavy (non-hydrogen) atoms. The minimum absolute atomic E-state index is 0.152. The van der Waals surface area contributed by atoms with Gasteiger partial charge in [-0.25, -0.2) is 13.8 Å². The van der Waals surface area contributed by atoms with E-state index in [0.717, 1.165) is 42.1 Å². The van der Waals surface area contributed by atoms with Crippen molar-refractivity contribution in [2.24, 2.45) is 5.92 Å². The number of aromatic nitrogens is 2. The van der Waals surface area contributed by atoms with Gasteiger partial charge in [-0.15, -0.1) is 0 Å². The van der Waals surface area contributed by atoms with Crippen molar-refractivity contribution in [2.45, 2.75) is 39.2 Å². The first-order chi connectivity index (χ1) is 13.5. The summed E-state index contributed by atoms with van der Waals surface area (Å²) in [5.41, 5.74) is 4.22. The van der Waals surface area contributed by atoms with Crippen LogP contribution in [0.1, 0.15) is 29.7 Å². The number of epoxide rings is 1. The van der Waals surface area contributed by atoms with Crippen LogP contribution in [0.15, 0.2) is 30.5 Å². The van der Waals surface area contributed by atoms with Crippen LogP contribution in [0.5, 0.6) is 0 Å². The maximum atomic E-state index is 14.4. The summed E-state index contributed by atoms with van der Waals surface area (Å²) in [5, 5.41) is 0. The Balaban J connectivity index is 0.000000336. The SMILES string of the molecule is Cc1ccn2c(CC3CO3)c(-c3c(C)cc(F)cc3F)nc2c1.O=CC1CC1. The number of carbonyl (C=O) groups is 1. The molecule has 1 saturated heterocycles. The maximum Gasteiger partial charge on any atom is 0.137 e. The van der Waals surface area contributed by atoms with E-state index in [0.29, 0.717) is 35.8 Å². The molecule has 2 aliphatic rings. The number of hydrogen-bond donors (Lipinski definition) is 0. The van der Waals surface area contributed by atoms with Crippen LogP contribution in [-0.4, -0.2) is 28.4 Å². The van der Waals surface area contributed by atoms with Gasteiger partial charge in [0, 0.05) is 30.2 Å². The second-order valence-corrected chi connectivity index (χ2v) is 7.55. The number of fused-ring (bicyclic) bond motifs is 1. The van der Waals surface area contributed by atoms with E-state index in [2.05, 4.69) is 4.98 Å². The molecule has 1 unspecified atom stereocenters. The smallest absolute Gasteiger partial charge is 0.137 e. The largest absolute Gasteiger partial charge is 0.373 e. The zero-order chi connectivity index (χ0) is 19.8. The van der Waals surface area contributed by atoms with Gasteiger partial charge in [0.15, 0.2) is 0 Å². The third-order valence-corrected chi connectivity index (χ3v) is 5.01. The second kappa shape index (κ2) is 7.43. The van der Waals surface area contributed by atoms with Gasteiger partial charge in [0.25, 0.3) is 0 Å². The van der Waals surface area contributed by atoms with Gasteiger partial charge in [-0.05, 0) is 56.0 Å². The average Bonchev–Trinajstić information content (AvgIpc) is 3.54. The van der Waals surface area contributed by atoms with Crippen LogP contribution in [0.4, 0.5) is 8.78 Å². The highest BCUT2D eigenvalue weighted by molar-refractivity contribution is 5.70. The molecule has 1 aliphatic heterocycles. The third-order valence-electron chi connectivity index (χ3n) is 5.01. The Bertz CT molecular complexity index is 1010. The van der Waals surface area contributed by atoms with Gasteiger partial charge in [0.05, 0.1) is 24.1 Å². The number of benzene rings is 1. The predicted octanol–water partition coefficient (Wildman–Crippen LogP) is 4.43. The van der Waals surface area contributed by atoms with E-state index in [-0.39, 0.29) is 6.10 Å². The lowest BCUT2D eigenvalue weighted by molar-refractivity contribution is -0.108. The number of hydrogen-bond acceptors (Lipinski definition) is 3. The zero-order valence-corrected chi connectivity index (χ0v) is 15.9. The minimum Gasteiger partial charge on any atom is -0.373 e. The van der Waals surface area contributed by atoms with Crippen molar-refractivity contribution in [3.8, 4) is 11.3 Å². The fourth-order valence-corrected chi connectivity index (χ4v) is 3.23. The molecule has 1 aromatic carbocycles. The normalized spacial score (nSPS) is 17.9. The number of nitrogens with zero attached hydrogens (tertiary/aromatic N) is 2. The Morgan fingerprint density at radius 3 is 2.57 bits per heavy atom. The summed E-state index contributed by atoms with van der Waals surface area (Å²) >= 11 is 0. The first-order valence-electron chi connectivity index (χ1n) is 9.46. The van der Waals surface area contributed by atoms with E-state index in [1.807, 2.05) is 29.7 Å². The number of pyridine rings is 1. The van der Waals surface area contributed by atoms with E-state index >= 15 is 0 Å². The van der Waals surface area contributed by atoms with Crippen LogP contribution in [0, 0.1) is 31.4 Å². The molecule has 2 aromatic heterocycles. The van der Waals surface area contributed by atoms with Crippen LogP contribution in [0.3, 0.4) is 0 Å². The number of halogens is 2. The van der Waals surface area contributed by atoms with Gasteiger partial charge in [0.1, 0.15) is 23.6 Å². The van der Waals surface area contributed by atoms with E-state index in [9.17, 15) is 13.6 Å². The minimum atomic E-state index is -0.583. The highest BCUT2D eigenvalue weighted by Gasteiger charge is 2.28. The molecule has 1 aliphatic carbocycles. The number of aldehydes is 1. The predicted molar refractivity (Wildman–Crippen MR) is 102 cm³/mol. The van der Waals surface area contributed by atoms with Crippen molar-refractivity contribution < 1.29 is 18.3 Å². The first kappa shape index (κ1) is 18.7. The fourth-order valence-electron chi connectivity index (χ4n) is 3.23. The summed E-state index contributed by atoms with van der Waals surface area (Å²) in [7, 11) is 0. The third kappa shape index (κ3) is 3.97. The highest BCUT2D eigenvalue weighted by Crippen LogP contribution is 2.33. The topological polar surface area (TPSA) is 46.9 Å². The summed E-state index contributed by atoms with van der Waals surface area (Å²) in [6, 6.07) is 6.20. The molecule has 0 N–H and O–H groups in total. The van der Waals surface area contributed by atoms with E-state index in [1.165, 1.54) is 6.07 Å². The summed E-state index contributed by atoms with van der Waals surface area (Å²) in [6.07, 6.45) is 6.07. The lowest BCUT2D eigenvalue weighted by Crippen LogP contribution is -2.02. The van der Waals surface area contributed by atoms with E-state index in [4.69, 9.17) is 4.74 Å². The maximum absolute atomic E-state index is 14.4. The summed E-state index contributed by atoms with van der Waals surface area (Å²) in [5.74, 6) is -0.703. The lowest BCUT2D eigenvalue weighted by atomic mass is 10.0. The Morgan fingerprint density at radius 1 is 1.25 bits per heavy atom. The molecular formula is C22H22F2N2O2.